The van der Waals surface area contributed by atoms with Gasteiger partial charge in [-0.15, -0.1) is 0 Å². The maximum Gasteiger partial charge on any atom is 0.418 e. The van der Waals surface area contributed by atoms with Crippen molar-refractivity contribution in [2.45, 2.75) is 71.4 Å². The summed E-state index contributed by atoms with van der Waals surface area (Å²) in [5.41, 5.74) is 0.328. The number of anilines is 2. The summed E-state index contributed by atoms with van der Waals surface area (Å²) < 4.78 is 62.3. The van der Waals surface area contributed by atoms with Crippen molar-refractivity contribution in [3.8, 4) is 0 Å². The molecular formula is C29H36F4N6O2. The number of nitrogens with zero attached hydrogens (tertiary/aromatic N) is 5. The Morgan fingerprint density at radius 1 is 1.15 bits per heavy atom. The van der Waals surface area contributed by atoms with Crippen LogP contribution < -0.4 is 10.2 Å². The quantitative estimate of drug-likeness (QED) is 0.333. The van der Waals surface area contributed by atoms with Crippen LogP contribution in [0.1, 0.15) is 56.0 Å². The van der Waals surface area contributed by atoms with Crippen molar-refractivity contribution < 1.29 is 27.1 Å². The maximum absolute atomic E-state index is 14.6. The van der Waals surface area contributed by atoms with Crippen molar-refractivity contribution >= 4 is 17.6 Å². The molecule has 0 unspecified atom stereocenters. The SMILES string of the molecule is Cc1cccc(F)c1N1CCC(N(Cc2cn(C)nc2NCc2ncccc2C(F)(F)F)C(=O)OC(C)(C)C)CC1. The third-order valence-electron chi connectivity index (χ3n) is 6.90. The van der Waals surface area contributed by atoms with E-state index in [-0.39, 0.29) is 30.6 Å². The van der Waals surface area contributed by atoms with Gasteiger partial charge in [-0.2, -0.15) is 18.3 Å². The van der Waals surface area contributed by atoms with Gasteiger partial charge in [0.05, 0.1) is 30.0 Å². The molecule has 0 radical (unpaired) electrons. The second-order valence-corrected chi connectivity index (χ2v) is 11.3. The van der Waals surface area contributed by atoms with Crippen molar-refractivity contribution in [2.75, 3.05) is 23.3 Å². The molecule has 4 rings (SSSR count). The highest BCUT2D eigenvalue weighted by Crippen LogP contribution is 2.32. The highest BCUT2D eigenvalue weighted by Gasteiger charge is 2.35. The maximum atomic E-state index is 14.6. The lowest BCUT2D eigenvalue weighted by molar-refractivity contribution is -0.138. The Hall–Kier alpha value is -3.83. The van der Waals surface area contributed by atoms with Crippen molar-refractivity contribution in [3.05, 3.63) is 70.9 Å². The lowest BCUT2D eigenvalue weighted by atomic mass is 10.0. The van der Waals surface area contributed by atoms with E-state index in [9.17, 15) is 22.4 Å². The number of benzene rings is 1. The standard InChI is InChI=1S/C29H36F4N6O2/c1-19-8-6-10-23(30)25(19)38-14-11-21(12-15-38)39(27(40)41-28(2,3)4)18-20-17-37(5)36-26(20)35-16-24-22(29(31,32)33)9-7-13-34-24/h6-10,13,17,21H,11-12,14-16,18H2,1-5H3,(H,35,36). The van der Waals surface area contributed by atoms with Crippen LogP contribution in [0.4, 0.5) is 33.9 Å². The summed E-state index contributed by atoms with van der Waals surface area (Å²) in [5, 5.41) is 7.36. The summed E-state index contributed by atoms with van der Waals surface area (Å²) in [6.07, 6.45) is -0.845. The number of rotatable bonds is 7. The Morgan fingerprint density at radius 2 is 1.85 bits per heavy atom. The van der Waals surface area contributed by atoms with Gasteiger partial charge in [0.2, 0.25) is 0 Å². The number of carbonyl (C=O) groups is 1. The molecule has 1 aliphatic rings. The molecule has 1 saturated heterocycles. The van der Waals surface area contributed by atoms with Gasteiger partial charge in [-0.3, -0.25) is 9.67 Å². The van der Waals surface area contributed by atoms with Crippen molar-refractivity contribution in [1.29, 1.82) is 0 Å². The van der Waals surface area contributed by atoms with Crippen LogP contribution >= 0.6 is 0 Å². The summed E-state index contributed by atoms with van der Waals surface area (Å²) in [5.74, 6) is 0.0689. The first-order chi connectivity index (χ1) is 19.2. The van der Waals surface area contributed by atoms with Gasteiger partial charge in [-0.05, 0) is 64.3 Å². The Labute approximate surface area is 237 Å². The summed E-state index contributed by atoms with van der Waals surface area (Å²) in [6.45, 7) is 8.25. The van der Waals surface area contributed by atoms with Gasteiger partial charge in [0, 0.05) is 44.1 Å². The first kappa shape index (κ1) is 30.1. The Bertz CT molecular complexity index is 1340. The number of para-hydroxylation sites is 1. The number of hydrogen-bond donors (Lipinski definition) is 1. The minimum Gasteiger partial charge on any atom is -0.444 e. The van der Waals surface area contributed by atoms with E-state index in [1.54, 1.807) is 45.0 Å². The summed E-state index contributed by atoms with van der Waals surface area (Å²) in [4.78, 5) is 21.0. The molecule has 3 heterocycles. The van der Waals surface area contributed by atoms with Crippen molar-refractivity contribution in [2.24, 2.45) is 7.05 Å². The average Bonchev–Trinajstić information content (AvgIpc) is 3.24. The van der Waals surface area contributed by atoms with Gasteiger partial charge in [0.25, 0.3) is 0 Å². The molecule has 0 spiro atoms. The minimum absolute atomic E-state index is 0.128. The summed E-state index contributed by atoms with van der Waals surface area (Å²) in [6, 6.07) is 7.04. The van der Waals surface area contributed by atoms with E-state index in [4.69, 9.17) is 4.74 Å². The number of halogens is 4. The number of aromatic nitrogens is 3. The fourth-order valence-electron chi connectivity index (χ4n) is 5.08. The number of piperidine rings is 1. The molecule has 3 aromatic rings. The number of hydrogen-bond acceptors (Lipinski definition) is 6. The highest BCUT2D eigenvalue weighted by molar-refractivity contribution is 5.69. The number of pyridine rings is 1. The zero-order chi connectivity index (χ0) is 29.9. The smallest absolute Gasteiger partial charge is 0.418 e. The molecule has 0 aliphatic carbocycles. The fraction of sp³-hybridized carbons (Fsp3) is 0.483. The van der Waals surface area contributed by atoms with E-state index in [0.717, 1.165) is 11.6 Å². The molecule has 1 amide bonds. The van der Waals surface area contributed by atoms with Crippen LogP contribution in [0.5, 0.6) is 0 Å². The van der Waals surface area contributed by atoms with E-state index in [0.29, 0.717) is 43.0 Å². The zero-order valence-corrected chi connectivity index (χ0v) is 23.9. The van der Waals surface area contributed by atoms with Gasteiger partial charge in [-0.25, -0.2) is 9.18 Å². The van der Waals surface area contributed by atoms with Gasteiger partial charge < -0.3 is 19.9 Å². The van der Waals surface area contributed by atoms with E-state index < -0.39 is 23.4 Å². The Balaban J connectivity index is 1.54. The molecule has 1 aliphatic heterocycles. The predicted molar refractivity (Wildman–Crippen MR) is 148 cm³/mol. The molecule has 2 aromatic heterocycles. The third-order valence-corrected chi connectivity index (χ3v) is 6.90. The molecule has 1 aromatic carbocycles. The summed E-state index contributed by atoms with van der Waals surface area (Å²) in [7, 11) is 1.70. The Kier molecular flexibility index (Phi) is 8.79. The molecule has 12 heteroatoms. The van der Waals surface area contributed by atoms with Gasteiger partial charge >= 0.3 is 12.3 Å². The summed E-state index contributed by atoms with van der Waals surface area (Å²) >= 11 is 0. The molecular weight excluding hydrogens is 540 g/mol. The van der Waals surface area contributed by atoms with Crippen LogP contribution in [0, 0.1) is 12.7 Å². The minimum atomic E-state index is -4.54. The number of nitrogens with one attached hydrogen (secondary N) is 1. The molecule has 0 atom stereocenters. The first-order valence-corrected chi connectivity index (χ1v) is 13.5. The largest absolute Gasteiger partial charge is 0.444 e. The van der Waals surface area contributed by atoms with E-state index in [1.165, 1.54) is 23.0 Å². The average molecular weight is 577 g/mol. The number of ether oxygens (including phenoxy) is 1. The van der Waals surface area contributed by atoms with E-state index in [1.807, 2.05) is 17.9 Å². The molecule has 222 valence electrons. The number of amides is 1. The number of carbonyl (C=O) groups excluding carboxylic acids is 1. The normalized spacial score (nSPS) is 14.7. The lowest BCUT2D eigenvalue weighted by Crippen LogP contribution is -2.48. The molecule has 8 nitrogen and oxygen atoms in total. The molecule has 1 fully saturated rings. The zero-order valence-electron chi connectivity index (χ0n) is 23.9. The number of alkyl halides is 3. The topological polar surface area (TPSA) is 75.5 Å². The first-order valence-electron chi connectivity index (χ1n) is 13.5. The monoisotopic (exact) mass is 576 g/mol. The third kappa shape index (κ3) is 7.47. The van der Waals surface area contributed by atoms with Crippen molar-refractivity contribution in [3.63, 3.8) is 0 Å². The fourth-order valence-corrected chi connectivity index (χ4v) is 5.08. The second-order valence-electron chi connectivity index (χ2n) is 11.3. The second kappa shape index (κ2) is 12.0. The van der Waals surface area contributed by atoms with Crippen LogP contribution in [0.3, 0.4) is 0 Å². The van der Waals surface area contributed by atoms with Crippen LogP contribution in [-0.4, -0.2) is 50.5 Å². The molecule has 0 saturated carbocycles. The molecule has 41 heavy (non-hydrogen) atoms. The highest BCUT2D eigenvalue weighted by atomic mass is 19.4. The molecule has 1 N–H and O–H groups in total. The number of aryl methyl sites for hydroxylation is 2. The van der Waals surface area contributed by atoms with E-state index in [2.05, 4.69) is 15.4 Å². The van der Waals surface area contributed by atoms with Crippen molar-refractivity contribution in [1.82, 2.24) is 19.7 Å². The van der Waals surface area contributed by atoms with Gasteiger partial charge in [0.1, 0.15) is 11.4 Å². The predicted octanol–water partition coefficient (Wildman–Crippen LogP) is 6.30. The van der Waals surface area contributed by atoms with Crippen LogP contribution in [0.25, 0.3) is 0 Å². The van der Waals surface area contributed by atoms with E-state index >= 15 is 0 Å². The van der Waals surface area contributed by atoms with Crippen LogP contribution in [-0.2, 0) is 31.1 Å². The Morgan fingerprint density at radius 3 is 2.49 bits per heavy atom. The van der Waals surface area contributed by atoms with Crippen LogP contribution in [0.2, 0.25) is 0 Å². The lowest BCUT2D eigenvalue weighted by Gasteiger charge is -2.40. The molecule has 0 bridgehead atoms. The van der Waals surface area contributed by atoms with Gasteiger partial charge in [-0.1, -0.05) is 12.1 Å². The van der Waals surface area contributed by atoms with Crippen LogP contribution in [0.15, 0.2) is 42.7 Å². The van der Waals surface area contributed by atoms with Gasteiger partial charge in [0.15, 0.2) is 5.82 Å².